The van der Waals surface area contributed by atoms with Gasteiger partial charge in [-0.25, -0.2) is 0 Å². The number of furan rings is 1. The number of hydrogen-bond acceptors (Lipinski definition) is 5. The first-order valence-electron chi connectivity index (χ1n) is 6.93. The van der Waals surface area contributed by atoms with Crippen LogP contribution in [0.3, 0.4) is 0 Å². The lowest BCUT2D eigenvalue weighted by Gasteiger charge is -2.03. The molecule has 0 bridgehead atoms. The van der Waals surface area contributed by atoms with Crippen molar-refractivity contribution in [3.05, 3.63) is 51.2 Å². The van der Waals surface area contributed by atoms with Gasteiger partial charge < -0.3 is 14.5 Å². The first kappa shape index (κ1) is 16.5. The lowest BCUT2D eigenvalue weighted by molar-refractivity contribution is -0.384. The van der Waals surface area contributed by atoms with E-state index in [1.54, 1.807) is 12.1 Å². The quantitative estimate of drug-likeness (QED) is 0.456. The van der Waals surface area contributed by atoms with Gasteiger partial charge in [0.2, 0.25) is 0 Å². The van der Waals surface area contributed by atoms with E-state index in [1.165, 1.54) is 12.1 Å². The van der Waals surface area contributed by atoms with Gasteiger partial charge in [-0.15, -0.1) is 0 Å². The summed E-state index contributed by atoms with van der Waals surface area (Å²) in [7, 11) is 0. The fraction of sp³-hybridized carbons (Fsp3) is 0.333. The summed E-state index contributed by atoms with van der Waals surface area (Å²) in [5.74, 6) is 1.35. The Morgan fingerprint density at radius 3 is 2.86 bits per heavy atom. The third kappa shape index (κ3) is 4.30. The zero-order valence-corrected chi connectivity index (χ0v) is 12.9. The van der Waals surface area contributed by atoms with Crippen LogP contribution in [0.1, 0.15) is 12.7 Å². The lowest BCUT2D eigenvalue weighted by atomic mass is 10.1. The average molecular weight is 325 g/mol. The van der Waals surface area contributed by atoms with Crippen molar-refractivity contribution in [2.45, 2.75) is 13.5 Å². The minimum absolute atomic E-state index is 0.0434. The highest BCUT2D eigenvalue weighted by Gasteiger charge is 2.13. The molecule has 0 aliphatic rings. The topological polar surface area (TPSA) is 77.5 Å². The van der Waals surface area contributed by atoms with E-state index in [9.17, 15) is 10.1 Å². The SMILES string of the molecule is CCOCCNCc1ccc(-c2ccc([N+](=O)[O-])cc2Cl)o1. The fourth-order valence-electron chi connectivity index (χ4n) is 1.94. The number of nitrogens with zero attached hydrogens (tertiary/aromatic N) is 1. The van der Waals surface area contributed by atoms with Crippen LogP contribution in [0, 0.1) is 10.1 Å². The predicted molar refractivity (Wildman–Crippen MR) is 84.0 cm³/mol. The molecule has 0 saturated carbocycles. The van der Waals surface area contributed by atoms with E-state index in [0.717, 1.165) is 12.3 Å². The van der Waals surface area contributed by atoms with Crippen LogP contribution in [-0.4, -0.2) is 24.7 Å². The Bertz CT molecular complexity index is 642. The summed E-state index contributed by atoms with van der Waals surface area (Å²) in [6, 6.07) is 7.96. The molecule has 7 heteroatoms. The highest BCUT2D eigenvalue weighted by atomic mass is 35.5. The Morgan fingerprint density at radius 1 is 1.36 bits per heavy atom. The number of rotatable bonds is 8. The fourth-order valence-corrected chi connectivity index (χ4v) is 2.20. The highest BCUT2D eigenvalue weighted by molar-refractivity contribution is 6.33. The number of nitro benzene ring substituents is 1. The largest absolute Gasteiger partial charge is 0.460 e. The van der Waals surface area contributed by atoms with Gasteiger partial charge in [-0.1, -0.05) is 11.6 Å². The second kappa shape index (κ2) is 7.93. The smallest absolute Gasteiger partial charge is 0.270 e. The molecule has 2 rings (SSSR count). The van der Waals surface area contributed by atoms with Crippen LogP contribution in [0.15, 0.2) is 34.7 Å². The molecule has 118 valence electrons. The number of nitro groups is 1. The van der Waals surface area contributed by atoms with E-state index in [-0.39, 0.29) is 5.69 Å². The number of ether oxygens (including phenoxy) is 1. The van der Waals surface area contributed by atoms with Crippen molar-refractivity contribution >= 4 is 17.3 Å². The Hall–Kier alpha value is -1.89. The minimum Gasteiger partial charge on any atom is -0.460 e. The third-order valence-electron chi connectivity index (χ3n) is 3.02. The van der Waals surface area contributed by atoms with Gasteiger partial charge in [0.05, 0.1) is 23.1 Å². The Balaban J connectivity index is 2.00. The van der Waals surface area contributed by atoms with E-state index in [0.29, 0.717) is 36.1 Å². The van der Waals surface area contributed by atoms with Gasteiger partial charge in [0, 0.05) is 30.8 Å². The van der Waals surface area contributed by atoms with Crippen LogP contribution < -0.4 is 5.32 Å². The summed E-state index contributed by atoms with van der Waals surface area (Å²) in [5, 5.41) is 14.2. The zero-order chi connectivity index (χ0) is 15.9. The summed E-state index contributed by atoms with van der Waals surface area (Å²) in [6.45, 7) is 4.62. The first-order valence-corrected chi connectivity index (χ1v) is 7.31. The first-order chi connectivity index (χ1) is 10.6. The summed E-state index contributed by atoms with van der Waals surface area (Å²) in [5.41, 5.74) is 0.589. The Labute approximate surface area is 133 Å². The van der Waals surface area contributed by atoms with Gasteiger partial charge in [0.25, 0.3) is 5.69 Å². The summed E-state index contributed by atoms with van der Waals surface area (Å²) in [6.07, 6.45) is 0. The van der Waals surface area contributed by atoms with E-state index in [1.807, 2.05) is 13.0 Å². The normalized spacial score (nSPS) is 10.8. The monoisotopic (exact) mass is 324 g/mol. The van der Waals surface area contributed by atoms with E-state index in [2.05, 4.69) is 5.32 Å². The maximum Gasteiger partial charge on any atom is 0.270 e. The van der Waals surface area contributed by atoms with Crippen molar-refractivity contribution in [2.24, 2.45) is 0 Å². The summed E-state index contributed by atoms with van der Waals surface area (Å²) in [4.78, 5) is 10.2. The van der Waals surface area contributed by atoms with Crippen LogP contribution in [-0.2, 0) is 11.3 Å². The van der Waals surface area contributed by atoms with Crippen LogP contribution in [0.2, 0.25) is 5.02 Å². The molecule has 1 aromatic carbocycles. The van der Waals surface area contributed by atoms with Crippen molar-refractivity contribution in [3.63, 3.8) is 0 Å². The third-order valence-corrected chi connectivity index (χ3v) is 3.33. The van der Waals surface area contributed by atoms with Crippen molar-refractivity contribution in [1.29, 1.82) is 0 Å². The maximum atomic E-state index is 10.7. The Morgan fingerprint density at radius 2 is 2.18 bits per heavy atom. The molecular formula is C15H17ClN2O4. The van der Waals surface area contributed by atoms with E-state index >= 15 is 0 Å². The molecule has 0 saturated heterocycles. The zero-order valence-electron chi connectivity index (χ0n) is 12.2. The lowest BCUT2D eigenvalue weighted by Crippen LogP contribution is -2.18. The molecule has 0 aliphatic heterocycles. The highest BCUT2D eigenvalue weighted by Crippen LogP contribution is 2.32. The van der Waals surface area contributed by atoms with Crippen LogP contribution >= 0.6 is 11.6 Å². The molecule has 0 aliphatic carbocycles. The summed E-state index contributed by atoms with van der Waals surface area (Å²) >= 11 is 6.08. The van der Waals surface area contributed by atoms with Gasteiger partial charge in [-0.2, -0.15) is 0 Å². The molecule has 0 spiro atoms. The predicted octanol–water partition coefficient (Wildman–Crippen LogP) is 3.63. The summed E-state index contributed by atoms with van der Waals surface area (Å²) < 4.78 is 10.9. The van der Waals surface area contributed by atoms with Crippen LogP contribution in [0.4, 0.5) is 5.69 Å². The molecule has 0 amide bonds. The molecule has 2 aromatic rings. The molecule has 1 aromatic heterocycles. The number of benzene rings is 1. The molecular weight excluding hydrogens is 308 g/mol. The van der Waals surface area contributed by atoms with Crippen molar-refractivity contribution in [2.75, 3.05) is 19.8 Å². The molecule has 0 atom stereocenters. The van der Waals surface area contributed by atoms with Crippen LogP contribution in [0.5, 0.6) is 0 Å². The number of nitrogens with one attached hydrogen (secondary N) is 1. The van der Waals surface area contributed by atoms with Gasteiger partial charge in [-0.05, 0) is 25.1 Å². The molecule has 1 heterocycles. The standard InChI is InChI=1S/C15H17ClN2O4/c1-2-21-8-7-17-10-12-4-6-15(22-12)13-5-3-11(18(19)20)9-14(13)16/h3-6,9,17H,2,7-8,10H2,1H3. The van der Waals surface area contributed by atoms with Crippen molar-refractivity contribution in [1.82, 2.24) is 5.32 Å². The van der Waals surface area contributed by atoms with Gasteiger partial charge in [0.1, 0.15) is 11.5 Å². The average Bonchev–Trinajstić information content (AvgIpc) is 2.95. The second-order valence-corrected chi connectivity index (χ2v) is 4.97. The van der Waals surface area contributed by atoms with Gasteiger partial charge >= 0.3 is 0 Å². The molecule has 0 unspecified atom stereocenters. The van der Waals surface area contributed by atoms with Crippen LogP contribution in [0.25, 0.3) is 11.3 Å². The van der Waals surface area contributed by atoms with E-state index < -0.39 is 4.92 Å². The molecule has 6 nitrogen and oxygen atoms in total. The van der Waals surface area contributed by atoms with Crippen molar-refractivity contribution in [3.8, 4) is 11.3 Å². The van der Waals surface area contributed by atoms with Crippen molar-refractivity contribution < 1.29 is 14.1 Å². The van der Waals surface area contributed by atoms with Gasteiger partial charge in [0.15, 0.2) is 0 Å². The molecule has 22 heavy (non-hydrogen) atoms. The minimum atomic E-state index is -0.481. The van der Waals surface area contributed by atoms with Gasteiger partial charge in [-0.3, -0.25) is 10.1 Å². The molecule has 0 radical (unpaired) electrons. The molecule has 1 N–H and O–H groups in total. The molecule has 0 fully saturated rings. The Kier molecular flexibility index (Phi) is 5.94. The number of non-ortho nitro benzene ring substituents is 1. The maximum absolute atomic E-state index is 10.7. The number of halogens is 1. The van der Waals surface area contributed by atoms with E-state index in [4.69, 9.17) is 20.8 Å². The second-order valence-electron chi connectivity index (χ2n) is 4.56. The number of hydrogen-bond donors (Lipinski definition) is 1.